The van der Waals surface area contributed by atoms with E-state index in [1.807, 2.05) is 30.3 Å². The van der Waals surface area contributed by atoms with E-state index in [9.17, 15) is 9.59 Å². The Bertz CT molecular complexity index is 914. The van der Waals surface area contributed by atoms with Crippen molar-refractivity contribution in [1.29, 1.82) is 0 Å². The van der Waals surface area contributed by atoms with Gasteiger partial charge >= 0.3 is 0 Å². The van der Waals surface area contributed by atoms with Crippen molar-refractivity contribution in [3.05, 3.63) is 52.3 Å². The summed E-state index contributed by atoms with van der Waals surface area (Å²) in [7, 11) is 0. The maximum atomic E-state index is 12.5. The number of hydrogen-bond donors (Lipinski definition) is 1. The highest BCUT2D eigenvalue weighted by Crippen LogP contribution is 2.20. The van der Waals surface area contributed by atoms with Gasteiger partial charge in [0.2, 0.25) is 5.13 Å². The Balaban J connectivity index is 1.90. The second-order valence-corrected chi connectivity index (χ2v) is 6.38. The molecule has 1 aromatic carbocycles. The van der Waals surface area contributed by atoms with Gasteiger partial charge in [-0.1, -0.05) is 29.5 Å². The molecule has 0 saturated heterocycles. The van der Waals surface area contributed by atoms with Gasteiger partial charge in [0.05, 0.1) is 22.6 Å². The molecule has 24 heavy (non-hydrogen) atoms. The third-order valence-corrected chi connectivity index (χ3v) is 4.23. The monoisotopic (exact) mass is 341 g/mol. The van der Waals surface area contributed by atoms with E-state index in [-0.39, 0.29) is 0 Å². The minimum atomic E-state index is -0.745. The average molecular weight is 341 g/mol. The van der Waals surface area contributed by atoms with Gasteiger partial charge in [0.25, 0.3) is 11.7 Å². The normalized spacial score (nSPS) is 10.6. The summed E-state index contributed by atoms with van der Waals surface area (Å²) in [6.07, 6.45) is 0. The summed E-state index contributed by atoms with van der Waals surface area (Å²) in [5, 5.41) is 15.5. The van der Waals surface area contributed by atoms with Gasteiger partial charge in [0.1, 0.15) is 5.01 Å². The largest absolute Gasteiger partial charge is 0.298 e. The van der Waals surface area contributed by atoms with Crippen LogP contribution in [0.1, 0.15) is 26.8 Å². The lowest BCUT2D eigenvalue weighted by molar-refractivity contribution is -0.112. The van der Waals surface area contributed by atoms with Crippen molar-refractivity contribution in [2.75, 3.05) is 5.32 Å². The fraction of sp³-hybridized carbons (Fsp3) is 0.188. The number of ketones is 1. The summed E-state index contributed by atoms with van der Waals surface area (Å²) in [5.74, 6) is -1.38. The van der Waals surface area contributed by atoms with Crippen molar-refractivity contribution < 1.29 is 9.59 Å². The lowest BCUT2D eigenvalue weighted by Gasteiger charge is -2.04. The molecule has 0 atom stereocenters. The van der Waals surface area contributed by atoms with Crippen LogP contribution in [0.3, 0.4) is 0 Å². The maximum absolute atomic E-state index is 12.5. The topological polar surface area (TPSA) is 89.8 Å². The number of hydrogen-bond acceptors (Lipinski definition) is 6. The number of nitrogens with zero attached hydrogens (tertiary/aromatic N) is 4. The first kappa shape index (κ1) is 16.0. The van der Waals surface area contributed by atoms with Gasteiger partial charge < -0.3 is 0 Å². The lowest BCUT2D eigenvalue weighted by Crippen LogP contribution is -2.24. The van der Waals surface area contributed by atoms with E-state index in [1.165, 1.54) is 11.3 Å². The molecule has 122 valence electrons. The summed E-state index contributed by atoms with van der Waals surface area (Å²) in [6, 6.07) is 9.45. The standard InChI is InChI=1S/C16H15N5O2S/c1-9-13(10(2)21(20-9)12-7-5-4-6-8-12)14(22)15(23)17-16-19-18-11(3)24-16/h4-8H,1-3H3,(H,17,19,23). The smallest absolute Gasteiger partial charge is 0.294 e. The Morgan fingerprint density at radius 2 is 1.79 bits per heavy atom. The fourth-order valence-electron chi connectivity index (χ4n) is 2.41. The summed E-state index contributed by atoms with van der Waals surface area (Å²) < 4.78 is 1.66. The molecule has 0 bridgehead atoms. The Hall–Kier alpha value is -2.87. The number of aromatic nitrogens is 4. The summed E-state index contributed by atoms with van der Waals surface area (Å²) in [4.78, 5) is 24.7. The molecule has 3 rings (SSSR count). The van der Waals surface area contributed by atoms with Crippen molar-refractivity contribution in [2.45, 2.75) is 20.8 Å². The third kappa shape index (κ3) is 2.95. The summed E-state index contributed by atoms with van der Waals surface area (Å²) in [6.45, 7) is 5.25. The fourth-order valence-corrected chi connectivity index (χ4v) is 2.99. The van der Waals surface area contributed by atoms with E-state index in [0.29, 0.717) is 27.1 Å². The van der Waals surface area contributed by atoms with Crippen molar-refractivity contribution in [2.24, 2.45) is 0 Å². The molecule has 0 fully saturated rings. The molecule has 0 spiro atoms. The number of anilines is 1. The Labute approximate surface area is 142 Å². The van der Waals surface area contributed by atoms with Crippen LogP contribution in [0.25, 0.3) is 5.69 Å². The minimum Gasteiger partial charge on any atom is -0.294 e. The van der Waals surface area contributed by atoms with E-state index >= 15 is 0 Å². The molecule has 1 N–H and O–H groups in total. The number of rotatable bonds is 4. The first-order valence-electron chi connectivity index (χ1n) is 7.25. The van der Waals surface area contributed by atoms with E-state index in [1.54, 1.807) is 25.5 Å². The Morgan fingerprint density at radius 1 is 1.08 bits per heavy atom. The van der Waals surface area contributed by atoms with Crippen LogP contribution in [0.2, 0.25) is 0 Å². The van der Waals surface area contributed by atoms with Gasteiger partial charge in [-0.15, -0.1) is 10.2 Å². The summed E-state index contributed by atoms with van der Waals surface area (Å²) in [5.41, 5.74) is 2.26. The number of Topliss-reactive ketones (excluding diaryl/α,β-unsaturated/α-hetero) is 1. The van der Waals surface area contributed by atoms with Gasteiger partial charge in [-0.25, -0.2) is 4.68 Å². The molecule has 2 heterocycles. The number of aryl methyl sites for hydroxylation is 2. The highest BCUT2D eigenvalue weighted by Gasteiger charge is 2.25. The first-order chi connectivity index (χ1) is 11.5. The van der Waals surface area contributed by atoms with Gasteiger partial charge in [-0.2, -0.15) is 5.10 Å². The second kappa shape index (κ2) is 6.32. The van der Waals surface area contributed by atoms with Crippen LogP contribution < -0.4 is 5.32 Å². The van der Waals surface area contributed by atoms with Crippen LogP contribution in [-0.2, 0) is 4.79 Å². The molecule has 0 aliphatic rings. The zero-order chi connectivity index (χ0) is 17.3. The zero-order valence-electron chi connectivity index (χ0n) is 13.4. The Kier molecular flexibility index (Phi) is 4.22. The van der Waals surface area contributed by atoms with Gasteiger partial charge in [-0.3, -0.25) is 14.9 Å². The predicted molar refractivity (Wildman–Crippen MR) is 90.6 cm³/mol. The van der Waals surface area contributed by atoms with Crippen molar-refractivity contribution in [3.8, 4) is 5.69 Å². The quantitative estimate of drug-likeness (QED) is 0.581. The maximum Gasteiger partial charge on any atom is 0.298 e. The SMILES string of the molecule is Cc1nnc(NC(=O)C(=O)c2c(C)nn(-c3ccccc3)c2C)s1. The zero-order valence-corrected chi connectivity index (χ0v) is 14.2. The number of carbonyl (C=O) groups excluding carboxylic acids is 2. The molecule has 0 radical (unpaired) electrons. The Morgan fingerprint density at radius 3 is 2.42 bits per heavy atom. The van der Waals surface area contributed by atoms with Crippen molar-refractivity contribution in [3.63, 3.8) is 0 Å². The van der Waals surface area contributed by atoms with Gasteiger partial charge in [0.15, 0.2) is 0 Å². The first-order valence-corrected chi connectivity index (χ1v) is 8.06. The molecule has 0 aliphatic carbocycles. The van der Waals surface area contributed by atoms with Crippen molar-refractivity contribution >= 4 is 28.2 Å². The van der Waals surface area contributed by atoms with E-state index in [0.717, 1.165) is 5.69 Å². The van der Waals surface area contributed by atoms with Crippen LogP contribution in [-0.4, -0.2) is 31.7 Å². The number of benzene rings is 1. The summed E-state index contributed by atoms with van der Waals surface area (Å²) >= 11 is 1.21. The van der Waals surface area contributed by atoms with Crippen LogP contribution in [0.5, 0.6) is 0 Å². The highest BCUT2D eigenvalue weighted by atomic mass is 32.1. The minimum absolute atomic E-state index is 0.302. The van der Waals surface area contributed by atoms with E-state index < -0.39 is 11.7 Å². The number of para-hydroxylation sites is 1. The molecule has 0 unspecified atom stereocenters. The second-order valence-electron chi connectivity index (χ2n) is 5.20. The third-order valence-electron chi connectivity index (χ3n) is 3.47. The lowest BCUT2D eigenvalue weighted by atomic mass is 10.1. The number of amides is 1. The van der Waals surface area contributed by atoms with Crippen LogP contribution in [0.4, 0.5) is 5.13 Å². The molecule has 2 aromatic heterocycles. The molecule has 0 saturated carbocycles. The molecular weight excluding hydrogens is 326 g/mol. The molecule has 8 heteroatoms. The van der Waals surface area contributed by atoms with Crippen LogP contribution in [0, 0.1) is 20.8 Å². The highest BCUT2D eigenvalue weighted by molar-refractivity contribution is 7.15. The number of carbonyl (C=O) groups is 2. The van der Waals surface area contributed by atoms with Crippen molar-refractivity contribution in [1.82, 2.24) is 20.0 Å². The van der Waals surface area contributed by atoms with E-state index in [4.69, 9.17) is 0 Å². The molecule has 1 amide bonds. The average Bonchev–Trinajstić information content (AvgIpc) is 3.10. The van der Waals surface area contributed by atoms with Gasteiger partial charge in [-0.05, 0) is 32.9 Å². The molecule has 3 aromatic rings. The van der Waals surface area contributed by atoms with Crippen LogP contribution >= 0.6 is 11.3 Å². The predicted octanol–water partition coefficient (Wildman–Crippen LogP) is 2.47. The van der Waals surface area contributed by atoms with Gasteiger partial charge in [0, 0.05) is 0 Å². The number of nitrogens with one attached hydrogen (secondary N) is 1. The molecular formula is C16H15N5O2S. The molecule has 7 nitrogen and oxygen atoms in total. The van der Waals surface area contributed by atoms with Crippen LogP contribution in [0.15, 0.2) is 30.3 Å². The van der Waals surface area contributed by atoms with E-state index in [2.05, 4.69) is 20.6 Å². The molecule has 0 aliphatic heterocycles.